The number of nitrogens with one attached hydrogen (secondary N) is 1. The van der Waals surface area contributed by atoms with Crippen molar-refractivity contribution in [2.24, 2.45) is 7.05 Å². The van der Waals surface area contributed by atoms with E-state index in [9.17, 15) is 4.79 Å². The van der Waals surface area contributed by atoms with E-state index in [2.05, 4.69) is 40.3 Å². The Morgan fingerprint density at radius 1 is 1.14 bits per heavy atom. The van der Waals surface area contributed by atoms with Crippen molar-refractivity contribution < 1.29 is 4.79 Å². The van der Waals surface area contributed by atoms with Crippen LogP contribution in [0.2, 0.25) is 4.34 Å². The summed E-state index contributed by atoms with van der Waals surface area (Å²) in [6, 6.07) is 9.80. The van der Waals surface area contributed by atoms with E-state index < -0.39 is 0 Å². The second kappa shape index (κ2) is 8.18. The number of amides is 1. The van der Waals surface area contributed by atoms with Crippen molar-refractivity contribution in [2.45, 2.75) is 6.92 Å². The Kier molecular flexibility index (Phi) is 5.63. The molecule has 6 nitrogen and oxygen atoms in total. The molecular weight excluding hydrogens is 406 g/mol. The molecule has 0 atom stereocenters. The first-order chi connectivity index (χ1) is 13.9. The van der Waals surface area contributed by atoms with Gasteiger partial charge in [0.15, 0.2) is 0 Å². The van der Waals surface area contributed by atoms with Gasteiger partial charge < -0.3 is 15.1 Å². The van der Waals surface area contributed by atoms with E-state index in [1.54, 1.807) is 10.9 Å². The number of nitrogens with zero attached hydrogens (tertiary/aromatic N) is 4. The van der Waals surface area contributed by atoms with E-state index in [-0.39, 0.29) is 5.91 Å². The fourth-order valence-corrected chi connectivity index (χ4v) is 4.65. The first kappa shape index (κ1) is 19.9. The zero-order valence-electron chi connectivity index (χ0n) is 16.8. The van der Waals surface area contributed by atoms with Crippen molar-refractivity contribution >= 4 is 40.2 Å². The second-order valence-electron chi connectivity index (χ2n) is 7.41. The van der Waals surface area contributed by atoms with E-state index in [1.807, 2.05) is 31.3 Å². The fourth-order valence-electron chi connectivity index (χ4n) is 3.61. The number of rotatable bonds is 4. The Labute approximate surface area is 179 Å². The average molecular weight is 430 g/mol. The maximum atomic E-state index is 13.0. The van der Waals surface area contributed by atoms with Crippen LogP contribution in [0, 0.1) is 6.92 Å². The normalized spacial score (nSPS) is 15.0. The molecule has 3 aromatic rings. The summed E-state index contributed by atoms with van der Waals surface area (Å²) in [5.74, 6) is -0.177. The zero-order chi connectivity index (χ0) is 20.5. The molecule has 1 aliphatic rings. The smallest absolute Gasteiger partial charge is 0.259 e. The van der Waals surface area contributed by atoms with Crippen molar-refractivity contribution in [1.82, 2.24) is 14.7 Å². The molecule has 3 heterocycles. The largest absolute Gasteiger partial charge is 0.369 e. The molecule has 1 aliphatic heterocycles. The Morgan fingerprint density at radius 2 is 1.90 bits per heavy atom. The molecule has 0 radical (unpaired) electrons. The van der Waals surface area contributed by atoms with E-state index >= 15 is 0 Å². The predicted octanol–water partition coefficient (Wildman–Crippen LogP) is 4.11. The Morgan fingerprint density at radius 3 is 2.55 bits per heavy atom. The van der Waals surface area contributed by atoms with Gasteiger partial charge in [-0.2, -0.15) is 5.10 Å². The molecule has 1 saturated heterocycles. The summed E-state index contributed by atoms with van der Waals surface area (Å²) in [5, 5.41) is 7.47. The van der Waals surface area contributed by atoms with Crippen LogP contribution < -0.4 is 10.2 Å². The van der Waals surface area contributed by atoms with Gasteiger partial charge in [-0.05, 0) is 49.9 Å². The maximum absolute atomic E-state index is 13.0. The van der Waals surface area contributed by atoms with Gasteiger partial charge in [-0.25, -0.2) is 0 Å². The fraction of sp³-hybridized carbons (Fsp3) is 0.333. The van der Waals surface area contributed by atoms with Crippen LogP contribution in [-0.2, 0) is 7.05 Å². The molecule has 0 aliphatic carbocycles. The lowest BCUT2D eigenvalue weighted by Crippen LogP contribution is -2.44. The number of aryl methyl sites for hydroxylation is 2. The van der Waals surface area contributed by atoms with Gasteiger partial charge in [0.05, 0.1) is 14.8 Å². The van der Waals surface area contributed by atoms with E-state index in [1.165, 1.54) is 17.0 Å². The monoisotopic (exact) mass is 429 g/mol. The summed E-state index contributed by atoms with van der Waals surface area (Å²) >= 11 is 7.47. The van der Waals surface area contributed by atoms with E-state index in [0.29, 0.717) is 15.6 Å². The van der Waals surface area contributed by atoms with Crippen LogP contribution in [0.3, 0.4) is 0 Å². The summed E-state index contributed by atoms with van der Waals surface area (Å²) in [5.41, 5.74) is 4.35. The summed E-state index contributed by atoms with van der Waals surface area (Å²) in [6.07, 6.45) is 1.74. The van der Waals surface area contributed by atoms with Crippen LogP contribution in [0.25, 0.3) is 10.6 Å². The van der Waals surface area contributed by atoms with Gasteiger partial charge in [0.1, 0.15) is 5.69 Å². The van der Waals surface area contributed by atoms with Crippen LogP contribution in [-0.4, -0.2) is 53.8 Å². The minimum absolute atomic E-state index is 0.177. The number of piperazine rings is 1. The van der Waals surface area contributed by atoms with E-state index in [0.717, 1.165) is 42.3 Å². The third-order valence-corrected chi connectivity index (χ3v) is 6.42. The lowest BCUT2D eigenvalue weighted by atomic mass is 10.1. The van der Waals surface area contributed by atoms with Crippen molar-refractivity contribution in [3.63, 3.8) is 0 Å². The van der Waals surface area contributed by atoms with Crippen molar-refractivity contribution in [1.29, 1.82) is 0 Å². The van der Waals surface area contributed by atoms with Crippen molar-refractivity contribution in [2.75, 3.05) is 43.4 Å². The Balaban J connectivity index is 1.53. The molecule has 152 valence electrons. The minimum Gasteiger partial charge on any atom is -0.369 e. The highest BCUT2D eigenvalue weighted by Gasteiger charge is 2.20. The van der Waals surface area contributed by atoms with Crippen LogP contribution in [0.5, 0.6) is 0 Å². The van der Waals surface area contributed by atoms with Gasteiger partial charge in [-0.1, -0.05) is 11.6 Å². The number of carbonyl (C=O) groups is 1. The van der Waals surface area contributed by atoms with E-state index in [4.69, 9.17) is 11.6 Å². The Hall–Kier alpha value is -2.35. The first-order valence-corrected chi connectivity index (χ1v) is 10.7. The molecule has 1 N–H and O–H groups in total. The van der Waals surface area contributed by atoms with Gasteiger partial charge in [-0.15, -0.1) is 11.3 Å². The lowest BCUT2D eigenvalue weighted by molar-refractivity contribution is 0.102. The molecule has 2 aromatic heterocycles. The molecule has 0 spiro atoms. The van der Waals surface area contributed by atoms with Crippen LogP contribution in [0.4, 0.5) is 11.4 Å². The highest BCUT2D eigenvalue weighted by molar-refractivity contribution is 7.19. The van der Waals surface area contributed by atoms with Gasteiger partial charge in [0, 0.05) is 50.8 Å². The molecular formula is C21H24ClN5OS. The second-order valence-corrected chi connectivity index (χ2v) is 9.13. The zero-order valence-corrected chi connectivity index (χ0v) is 18.3. The Bertz CT molecular complexity index is 1040. The average Bonchev–Trinajstić information content (AvgIpc) is 3.28. The highest BCUT2D eigenvalue weighted by atomic mass is 35.5. The molecule has 1 amide bonds. The number of carbonyl (C=O) groups excluding carboxylic acids is 1. The number of anilines is 2. The van der Waals surface area contributed by atoms with Gasteiger partial charge in [0.2, 0.25) is 0 Å². The standard InChI is InChI=1S/C21H24ClN5OS/c1-14-12-15(4-5-17(14)27-10-8-25(2)9-11-27)23-21(28)16-13-26(3)24-20(16)18-6-7-19(22)29-18/h4-7,12-13H,8-11H2,1-3H3,(H,23,28). The van der Waals surface area contributed by atoms with Crippen LogP contribution >= 0.6 is 22.9 Å². The summed E-state index contributed by atoms with van der Waals surface area (Å²) in [7, 11) is 3.96. The molecule has 0 bridgehead atoms. The number of benzene rings is 1. The van der Waals surface area contributed by atoms with Gasteiger partial charge in [-0.3, -0.25) is 9.48 Å². The minimum atomic E-state index is -0.177. The number of hydrogen-bond donors (Lipinski definition) is 1. The number of thiophene rings is 1. The quantitative estimate of drug-likeness (QED) is 0.678. The molecule has 29 heavy (non-hydrogen) atoms. The third-order valence-electron chi connectivity index (χ3n) is 5.18. The van der Waals surface area contributed by atoms with Crippen molar-refractivity contribution in [3.8, 4) is 10.6 Å². The first-order valence-electron chi connectivity index (χ1n) is 9.55. The number of likely N-dealkylation sites (N-methyl/N-ethyl adjacent to an activating group) is 1. The van der Waals surface area contributed by atoms with Crippen LogP contribution in [0.15, 0.2) is 36.5 Å². The van der Waals surface area contributed by atoms with Crippen LogP contribution in [0.1, 0.15) is 15.9 Å². The molecule has 1 fully saturated rings. The highest BCUT2D eigenvalue weighted by Crippen LogP contribution is 2.32. The predicted molar refractivity (Wildman–Crippen MR) is 120 cm³/mol. The lowest BCUT2D eigenvalue weighted by Gasteiger charge is -2.35. The SMILES string of the molecule is Cc1cc(NC(=O)c2cn(C)nc2-c2ccc(Cl)s2)ccc1N1CCN(C)CC1. The van der Waals surface area contributed by atoms with Crippen molar-refractivity contribution in [3.05, 3.63) is 52.0 Å². The molecule has 8 heteroatoms. The van der Waals surface area contributed by atoms with Gasteiger partial charge >= 0.3 is 0 Å². The summed E-state index contributed by atoms with van der Waals surface area (Å²) < 4.78 is 2.33. The maximum Gasteiger partial charge on any atom is 0.259 e. The molecule has 0 saturated carbocycles. The number of aromatic nitrogens is 2. The number of hydrogen-bond acceptors (Lipinski definition) is 5. The third kappa shape index (κ3) is 4.32. The topological polar surface area (TPSA) is 53.4 Å². The molecule has 4 rings (SSSR count). The molecule has 0 unspecified atom stereocenters. The van der Waals surface area contributed by atoms with Gasteiger partial charge in [0.25, 0.3) is 5.91 Å². The number of halogens is 1. The summed E-state index contributed by atoms with van der Waals surface area (Å²) in [4.78, 5) is 18.6. The molecule has 1 aromatic carbocycles. The summed E-state index contributed by atoms with van der Waals surface area (Å²) in [6.45, 7) is 6.26.